The van der Waals surface area contributed by atoms with Crippen molar-refractivity contribution in [1.29, 1.82) is 0 Å². The monoisotopic (exact) mass is 286 g/mol. The molecule has 0 fully saturated rings. The van der Waals surface area contributed by atoms with Gasteiger partial charge in [-0.15, -0.1) is 0 Å². The molecule has 4 nitrogen and oxygen atoms in total. The summed E-state index contributed by atoms with van der Waals surface area (Å²) >= 11 is 9.28. The molecular formula is C9H8BrClN4. The molecule has 0 aromatic carbocycles. The third-order valence-corrected chi connectivity index (χ3v) is 2.82. The van der Waals surface area contributed by atoms with Gasteiger partial charge in [-0.25, -0.2) is 4.98 Å². The smallest absolute Gasteiger partial charge is 0.132 e. The second-order valence-corrected chi connectivity index (χ2v) is 4.34. The maximum atomic E-state index is 5.88. The summed E-state index contributed by atoms with van der Waals surface area (Å²) in [5.41, 5.74) is 7.42. The first-order chi connectivity index (χ1) is 7.09. The van der Waals surface area contributed by atoms with E-state index in [2.05, 4.69) is 26.0 Å². The largest absolute Gasteiger partial charge is 0.383 e. The van der Waals surface area contributed by atoms with Crippen molar-refractivity contribution in [2.45, 2.75) is 0 Å². The lowest BCUT2D eigenvalue weighted by Gasteiger charge is -2.06. The van der Waals surface area contributed by atoms with E-state index in [4.69, 9.17) is 17.3 Å². The Morgan fingerprint density at radius 3 is 2.80 bits per heavy atom. The zero-order chi connectivity index (χ0) is 11.0. The Kier molecular flexibility index (Phi) is 2.67. The lowest BCUT2D eigenvalue weighted by atomic mass is 10.2. The number of nitrogen functional groups attached to an aromatic ring is 1. The number of halogens is 2. The number of anilines is 1. The average Bonchev–Trinajstić information content (AvgIpc) is 2.51. The van der Waals surface area contributed by atoms with Crippen LogP contribution in [0.5, 0.6) is 0 Å². The summed E-state index contributed by atoms with van der Waals surface area (Å²) in [4.78, 5) is 4.00. The quantitative estimate of drug-likeness (QED) is 0.876. The highest BCUT2D eigenvalue weighted by Crippen LogP contribution is 2.32. The molecule has 2 heterocycles. The number of aryl methyl sites for hydroxylation is 1. The van der Waals surface area contributed by atoms with Crippen LogP contribution in [0.1, 0.15) is 0 Å². The fourth-order valence-electron chi connectivity index (χ4n) is 1.35. The normalized spacial score (nSPS) is 10.6. The fourth-order valence-corrected chi connectivity index (χ4v) is 2.07. The molecule has 0 aliphatic rings. The lowest BCUT2D eigenvalue weighted by molar-refractivity contribution is 0.775. The van der Waals surface area contributed by atoms with E-state index in [0.717, 1.165) is 15.7 Å². The zero-order valence-corrected chi connectivity index (χ0v) is 10.2. The summed E-state index contributed by atoms with van der Waals surface area (Å²) in [6.45, 7) is 0. The van der Waals surface area contributed by atoms with Gasteiger partial charge in [-0.05, 0) is 22.0 Å². The highest BCUT2D eigenvalue weighted by molar-refractivity contribution is 9.10. The van der Waals surface area contributed by atoms with Crippen LogP contribution in [0.4, 0.5) is 5.82 Å². The first kappa shape index (κ1) is 10.4. The molecule has 0 spiro atoms. The van der Waals surface area contributed by atoms with Crippen molar-refractivity contribution in [3.8, 4) is 11.3 Å². The number of nitrogens with two attached hydrogens (primary N) is 1. The first-order valence-electron chi connectivity index (χ1n) is 4.18. The van der Waals surface area contributed by atoms with Crippen LogP contribution in [0.15, 0.2) is 22.9 Å². The van der Waals surface area contributed by atoms with Crippen LogP contribution in [0, 0.1) is 0 Å². The van der Waals surface area contributed by atoms with Gasteiger partial charge >= 0.3 is 0 Å². The van der Waals surface area contributed by atoms with Gasteiger partial charge in [-0.1, -0.05) is 11.6 Å². The van der Waals surface area contributed by atoms with Gasteiger partial charge in [-0.2, -0.15) is 5.10 Å². The molecule has 0 bridgehead atoms. The molecule has 2 N–H and O–H groups in total. The molecule has 0 aliphatic carbocycles. The minimum absolute atomic E-state index is 0.434. The number of aromatic nitrogens is 3. The summed E-state index contributed by atoms with van der Waals surface area (Å²) in [7, 11) is 1.83. The molecule has 78 valence electrons. The highest BCUT2D eigenvalue weighted by atomic mass is 79.9. The Labute approximate surface area is 100 Å². The Morgan fingerprint density at radius 2 is 2.20 bits per heavy atom. The second-order valence-electron chi connectivity index (χ2n) is 3.05. The van der Waals surface area contributed by atoms with Crippen LogP contribution < -0.4 is 5.73 Å². The number of hydrogen-bond acceptors (Lipinski definition) is 3. The van der Waals surface area contributed by atoms with E-state index >= 15 is 0 Å². The Balaban J connectivity index is 2.68. The van der Waals surface area contributed by atoms with Gasteiger partial charge in [0.05, 0.1) is 21.4 Å². The predicted octanol–water partition coefficient (Wildman–Crippen LogP) is 2.48. The molecular weight excluding hydrogens is 279 g/mol. The minimum Gasteiger partial charge on any atom is -0.383 e. The van der Waals surface area contributed by atoms with Crippen molar-refractivity contribution < 1.29 is 0 Å². The van der Waals surface area contributed by atoms with E-state index in [1.54, 1.807) is 16.9 Å². The van der Waals surface area contributed by atoms with Gasteiger partial charge < -0.3 is 5.73 Å². The molecule has 2 aromatic heterocycles. The molecule has 0 atom stereocenters. The van der Waals surface area contributed by atoms with Crippen molar-refractivity contribution in [2.75, 3.05) is 5.73 Å². The van der Waals surface area contributed by atoms with Crippen LogP contribution in [-0.4, -0.2) is 14.8 Å². The van der Waals surface area contributed by atoms with Crippen LogP contribution in [0.2, 0.25) is 5.02 Å². The maximum absolute atomic E-state index is 5.88. The third-order valence-electron chi connectivity index (χ3n) is 2.03. The van der Waals surface area contributed by atoms with Crippen LogP contribution >= 0.6 is 27.5 Å². The average molecular weight is 288 g/mol. The van der Waals surface area contributed by atoms with Crippen molar-refractivity contribution >= 4 is 33.3 Å². The summed E-state index contributed by atoms with van der Waals surface area (Å²) in [5, 5.41) is 4.66. The summed E-state index contributed by atoms with van der Waals surface area (Å²) in [6.07, 6.45) is 3.22. The lowest BCUT2D eigenvalue weighted by Crippen LogP contribution is -1.99. The number of pyridine rings is 1. The van der Waals surface area contributed by atoms with E-state index in [-0.39, 0.29) is 0 Å². The van der Waals surface area contributed by atoms with Crippen molar-refractivity contribution in [3.05, 3.63) is 28.0 Å². The van der Waals surface area contributed by atoms with Crippen molar-refractivity contribution in [3.63, 3.8) is 0 Å². The molecule has 0 saturated heterocycles. The number of hydrogen-bond donors (Lipinski definition) is 1. The minimum atomic E-state index is 0.434. The summed E-state index contributed by atoms with van der Waals surface area (Å²) in [6, 6.07) is 1.77. The Bertz CT molecular complexity index is 489. The van der Waals surface area contributed by atoms with Gasteiger partial charge in [0.25, 0.3) is 0 Å². The highest BCUT2D eigenvalue weighted by Gasteiger charge is 2.12. The van der Waals surface area contributed by atoms with Gasteiger partial charge in [-0.3, -0.25) is 4.68 Å². The number of rotatable bonds is 1. The SMILES string of the molecule is Cn1ncc(Br)c1-c1cc(Cl)cnc1N. The molecule has 2 rings (SSSR count). The van der Waals surface area contributed by atoms with Gasteiger partial charge in [0.15, 0.2) is 0 Å². The number of nitrogens with zero attached hydrogens (tertiary/aromatic N) is 3. The Morgan fingerprint density at radius 1 is 1.47 bits per heavy atom. The molecule has 0 radical (unpaired) electrons. The summed E-state index contributed by atoms with van der Waals surface area (Å²) < 4.78 is 2.58. The molecule has 0 amide bonds. The van der Waals surface area contributed by atoms with Crippen LogP contribution in [-0.2, 0) is 7.05 Å². The molecule has 15 heavy (non-hydrogen) atoms. The van der Waals surface area contributed by atoms with E-state index in [1.807, 2.05) is 7.05 Å². The van der Waals surface area contributed by atoms with Crippen molar-refractivity contribution in [2.24, 2.45) is 7.05 Å². The van der Waals surface area contributed by atoms with Gasteiger partial charge in [0.2, 0.25) is 0 Å². The Hall–Kier alpha value is -1.07. The molecule has 6 heteroatoms. The van der Waals surface area contributed by atoms with Crippen LogP contribution in [0.3, 0.4) is 0 Å². The van der Waals surface area contributed by atoms with E-state index < -0.39 is 0 Å². The summed E-state index contributed by atoms with van der Waals surface area (Å²) in [5.74, 6) is 0.434. The third kappa shape index (κ3) is 1.85. The second kappa shape index (κ2) is 3.83. The van der Waals surface area contributed by atoms with Crippen LogP contribution in [0.25, 0.3) is 11.3 Å². The van der Waals surface area contributed by atoms with E-state index in [0.29, 0.717) is 10.8 Å². The topological polar surface area (TPSA) is 56.7 Å². The fraction of sp³-hybridized carbons (Fsp3) is 0.111. The first-order valence-corrected chi connectivity index (χ1v) is 5.35. The molecule has 0 saturated carbocycles. The zero-order valence-electron chi connectivity index (χ0n) is 7.91. The van der Waals surface area contributed by atoms with E-state index in [1.165, 1.54) is 6.20 Å². The standard InChI is InChI=1S/C9H8BrClN4/c1-15-8(7(10)4-14-15)6-2-5(11)3-13-9(6)12/h2-4H,1H3,(H2,12,13). The predicted molar refractivity (Wildman–Crippen MR) is 63.6 cm³/mol. The van der Waals surface area contributed by atoms with E-state index in [9.17, 15) is 0 Å². The molecule has 2 aromatic rings. The maximum Gasteiger partial charge on any atom is 0.132 e. The molecule has 0 aliphatic heterocycles. The van der Waals surface area contributed by atoms with Gasteiger partial charge in [0.1, 0.15) is 5.82 Å². The molecule has 0 unspecified atom stereocenters. The van der Waals surface area contributed by atoms with Crippen molar-refractivity contribution in [1.82, 2.24) is 14.8 Å². The van der Waals surface area contributed by atoms with Gasteiger partial charge in [0, 0.05) is 18.8 Å².